The molecule has 0 saturated carbocycles. The molecular formula is C14H15ClN2. The average molecular weight is 247 g/mol. The summed E-state index contributed by atoms with van der Waals surface area (Å²) in [4.78, 5) is 2.38. The van der Waals surface area contributed by atoms with Crippen LogP contribution >= 0.6 is 11.6 Å². The maximum absolute atomic E-state index is 6.34. The second-order valence-corrected chi connectivity index (χ2v) is 4.79. The molecule has 1 aliphatic rings. The van der Waals surface area contributed by atoms with Gasteiger partial charge in [0.1, 0.15) is 0 Å². The Hall–Kier alpha value is -1.25. The molecule has 3 rings (SSSR count). The third-order valence-electron chi connectivity index (χ3n) is 3.28. The lowest BCUT2D eigenvalue weighted by Gasteiger charge is -2.29. The highest BCUT2D eigenvalue weighted by Crippen LogP contribution is 2.29. The van der Waals surface area contributed by atoms with E-state index in [0.29, 0.717) is 0 Å². The SMILES string of the molecule is Clc1cc(N2CCNCC2)cc2ccccc12. The summed E-state index contributed by atoms with van der Waals surface area (Å²) in [5, 5.41) is 6.55. The fraction of sp³-hybridized carbons (Fsp3) is 0.286. The number of rotatable bonds is 1. The van der Waals surface area contributed by atoms with Crippen molar-refractivity contribution in [1.29, 1.82) is 0 Å². The molecule has 0 spiro atoms. The molecule has 1 saturated heterocycles. The van der Waals surface area contributed by atoms with Gasteiger partial charge in [-0.05, 0) is 17.5 Å². The predicted molar refractivity (Wildman–Crippen MR) is 74.0 cm³/mol. The first kappa shape index (κ1) is 10.9. The maximum Gasteiger partial charge on any atom is 0.0505 e. The molecule has 0 bridgehead atoms. The number of anilines is 1. The zero-order valence-electron chi connectivity index (χ0n) is 9.62. The number of halogens is 1. The molecule has 2 aromatic carbocycles. The van der Waals surface area contributed by atoms with Crippen molar-refractivity contribution in [3.05, 3.63) is 41.4 Å². The zero-order valence-corrected chi connectivity index (χ0v) is 10.4. The summed E-state index contributed by atoms with van der Waals surface area (Å²) in [6.45, 7) is 4.19. The third-order valence-corrected chi connectivity index (χ3v) is 3.59. The van der Waals surface area contributed by atoms with Crippen molar-refractivity contribution < 1.29 is 0 Å². The van der Waals surface area contributed by atoms with Crippen LogP contribution in [-0.4, -0.2) is 26.2 Å². The van der Waals surface area contributed by atoms with E-state index < -0.39 is 0 Å². The average Bonchev–Trinajstić information content (AvgIpc) is 2.40. The van der Waals surface area contributed by atoms with E-state index in [1.54, 1.807) is 0 Å². The standard InChI is InChI=1S/C14H15ClN2/c15-14-10-12(17-7-5-16-6-8-17)9-11-3-1-2-4-13(11)14/h1-4,9-10,16H,5-8H2. The summed E-state index contributed by atoms with van der Waals surface area (Å²) in [7, 11) is 0. The van der Waals surface area contributed by atoms with Crippen LogP contribution in [0.4, 0.5) is 5.69 Å². The van der Waals surface area contributed by atoms with Gasteiger partial charge in [-0.3, -0.25) is 0 Å². The van der Waals surface area contributed by atoms with Gasteiger partial charge >= 0.3 is 0 Å². The fourth-order valence-electron chi connectivity index (χ4n) is 2.35. The first-order chi connectivity index (χ1) is 8.34. The third kappa shape index (κ3) is 2.11. The minimum absolute atomic E-state index is 0.844. The first-order valence-electron chi connectivity index (χ1n) is 5.98. The predicted octanol–water partition coefficient (Wildman–Crippen LogP) is 2.90. The Balaban J connectivity index is 2.05. The van der Waals surface area contributed by atoms with E-state index in [2.05, 4.69) is 40.5 Å². The molecule has 3 heteroatoms. The number of fused-ring (bicyclic) bond motifs is 1. The van der Waals surface area contributed by atoms with Gasteiger partial charge in [-0.1, -0.05) is 35.9 Å². The van der Waals surface area contributed by atoms with Gasteiger partial charge in [0, 0.05) is 37.3 Å². The van der Waals surface area contributed by atoms with Gasteiger partial charge in [0.25, 0.3) is 0 Å². The minimum Gasteiger partial charge on any atom is -0.369 e. The normalized spacial score (nSPS) is 16.4. The topological polar surface area (TPSA) is 15.3 Å². The molecular weight excluding hydrogens is 232 g/mol. The van der Waals surface area contributed by atoms with E-state index in [-0.39, 0.29) is 0 Å². The molecule has 1 fully saturated rings. The molecule has 1 N–H and O–H groups in total. The molecule has 0 aromatic heterocycles. The zero-order chi connectivity index (χ0) is 11.7. The van der Waals surface area contributed by atoms with Crippen LogP contribution in [0.15, 0.2) is 36.4 Å². The molecule has 17 heavy (non-hydrogen) atoms. The molecule has 0 radical (unpaired) electrons. The van der Waals surface area contributed by atoms with Crippen molar-refractivity contribution in [3.8, 4) is 0 Å². The van der Waals surface area contributed by atoms with Crippen molar-refractivity contribution in [3.63, 3.8) is 0 Å². The van der Waals surface area contributed by atoms with Crippen LogP contribution in [0.25, 0.3) is 10.8 Å². The van der Waals surface area contributed by atoms with Gasteiger partial charge < -0.3 is 10.2 Å². The van der Waals surface area contributed by atoms with E-state index in [4.69, 9.17) is 11.6 Å². The lowest BCUT2D eigenvalue weighted by atomic mass is 10.1. The highest BCUT2D eigenvalue weighted by Gasteiger charge is 2.12. The Morgan fingerprint density at radius 3 is 2.65 bits per heavy atom. The summed E-state index contributed by atoms with van der Waals surface area (Å²) in [6.07, 6.45) is 0. The molecule has 1 heterocycles. The first-order valence-corrected chi connectivity index (χ1v) is 6.36. The van der Waals surface area contributed by atoms with Gasteiger partial charge in [0.2, 0.25) is 0 Å². The van der Waals surface area contributed by atoms with Crippen LogP contribution in [0.1, 0.15) is 0 Å². The summed E-state index contributed by atoms with van der Waals surface area (Å²) in [5.74, 6) is 0. The van der Waals surface area contributed by atoms with E-state index in [0.717, 1.165) is 36.6 Å². The fourth-order valence-corrected chi connectivity index (χ4v) is 2.64. The van der Waals surface area contributed by atoms with E-state index >= 15 is 0 Å². The number of benzene rings is 2. The van der Waals surface area contributed by atoms with Gasteiger partial charge in [0.05, 0.1) is 5.02 Å². The number of nitrogens with zero attached hydrogens (tertiary/aromatic N) is 1. The summed E-state index contributed by atoms with van der Waals surface area (Å²) in [6, 6.07) is 12.6. The molecule has 88 valence electrons. The van der Waals surface area contributed by atoms with Crippen molar-refractivity contribution in [1.82, 2.24) is 5.32 Å². The van der Waals surface area contributed by atoms with E-state index in [1.807, 2.05) is 6.07 Å². The molecule has 0 aliphatic carbocycles. The van der Waals surface area contributed by atoms with Crippen LogP contribution in [-0.2, 0) is 0 Å². The van der Waals surface area contributed by atoms with Crippen molar-refractivity contribution in [2.75, 3.05) is 31.1 Å². The number of piperazine rings is 1. The molecule has 0 amide bonds. The largest absolute Gasteiger partial charge is 0.369 e. The smallest absolute Gasteiger partial charge is 0.0505 e. The van der Waals surface area contributed by atoms with Crippen LogP contribution in [0.2, 0.25) is 5.02 Å². The molecule has 0 atom stereocenters. The molecule has 2 aromatic rings. The molecule has 0 unspecified atom stereocenters. The van der Waals surface area contributed by atoms with Crippen molar-refractivity contribution >= 4 is 28.1 Å². The Morgan fingerprint density at radius 2 is 1.82 bits per heavy atom. The van der Waals surface area contributed by atoms with E-state index in [1.165, 1.54) is 11.1 Å². The molecule has 1 aliphatic heterocycles. The second-order valence-electron chi connectivity index (χ2n) is 4.39. The Labute approximate surface area is 106 Å². The quantitative estimate of drug-likeness (QED) is 0.833. The van der Waals surface area contributed by atoms with Crippen LogP contribution in [0.3, 0.4) is 0 Å². The van der Waals surface area contributed by atoms with Gasteiger partial charge in [0.15, 0.2) is 0 Å². The minimum atomic E-state index is 0.844. The number of hydrogen-bond donors (Lipinski definition) is 1. The Kier molecular flexibility index (Phi) is 2.91. The van der Waals surface area contributed by atoms with Gasteiger partial charge in [-0.25, -0.2) is 0 Å². The van der Waals surface area contributed by atoms with Gasteiger partial charge in [-0.2, -0.15) is 0 Å². The molecule has 2 nitrogen and oxygen atoms in total. The van der Waals surface area contributed by atoms with Crippen LogP contribution < -0.4 is 10.2 Å². The van der Waals surface area contributed by atoms with Crippen LogP contribution in [0.5, 0.6) is 0 Å². The highest BCUT2D eigenvalue weighted by molar-refractivity contribution is 6.35. The number of hydrogen-bond acceptors (Lipinski definition) is 2. The highest BCUT2D eigenvalue weighted by atomic mass is 35.5. The summed E-state index contributed by atoms with van der Waals surface area (Å²) < 4.78 is 0. The van der Waals surface area contributed by atoms with Crippen molar-refractivity contribution in [2.45, 2.75) is 0 Å². The summed E-state index contributed by atoms with van der Waals surface area (Å²) >= 11 is 6.34. The Morgan fingerprint density at radius 1 is 1.06 bits per heavy atom. The number of nitrogens with one attached hydrogen (secondary N) is 1. The maximum atomic E-state index is 6.34. The second kappa shape index (κ2) is 4.55. The van der Waals surface area contributed by atoms with Crippen LogP contribution in [0, 0.1) is 0 Å². The van der Waals surface area contributed by atoms with E-state index in [9.17, 15) is 0 Å². The Bertz CT molecular complexity index is 533. The lowest BCUT2D eigenvalue weighted by molar-refractivity contribution is 0.589. The lowest BCUT2D eigenvalue weighted by Crippen LogP contribution is -2.43. The monoisotopic (exact) mass is 246 g/mol. The van der Waals surface area contributed by atoms with Gasteiger partial charge in [-0.15, -0.1) is 0 Å². The van der Waals surface area contributed by atoms with Crippen molar-refractivity contribution in [2.24, 2.45) is 0 Å². The summed E-state index contributed by atoms with van der Waals surface area (Å²) in [5.41, 5.74) is 1.23.